The summed E-state index contributed by atoms with van der Waals surface area (Å²) in [5.74, 6) is -0.501. The van der Waals surface area contributed by atoms with Gasteiger partial charge in [-0.05, 0) is 29.0 Å². The number of amides is 1. The first-order chi connectivity index (χ1) is 8.75. The Morgan fingerprint density at radius 3 is 2.42 bits per heavy atom. The number of hydrogen-bond donors (Lipinski definition) is 2. The summed E-state index contributed by atoms with van der Waals surface area (Å²) in [4.78, 5) is 11.8. The van der Waals surface area contributed by atoms with Crippen LogP contribution in [0.5, 0.6) is 0 Å². The van der Waals surface area contributed by atoms with Crippen LogP contribution < -0.4 is 10.6 Å². The quantitative estimate of drug-likeness (QED) is 0.878. The van der Waals surface area contributed by atoms with Crippen LogP contribution in [-0.2, 0) is 4.79 Å². The minimum Gasteiger partial charge on any atom is -0.325 e. The van der Waals surface area contributed by atoms with Crippen LogP contribution in [0.15, 0.2) is 24.3 Å². The van der Waals surface area contributed by atoms with Crippen molar-refractivity contribution >= 4 is 11.6 Å². The molecule has 0 atom stereocenters. The van der Waals surface area contributed by atoms with Crippen LogP contribution in [0.1, 0.15) is 27.7 Å². The van der Waals surface area contributed by atoms with Crippen molar-refractivity contribution in [3.8, 4) is 0 Å². The Bertz CT molecular complexity index is 483. The Balaban J connectivity index is 1.84. The summed E-state index contributed by atoms with van der Waals surface area (Å²) < 4.78 is 13.0. The fraction of sp³-hybridized carbons (Fsp3) is 0.533. The SMILES string of the molecule is CC1(C)C(NCC(=O)Nc2cccc(F)c2)C1(C)C. The maximum Gasteiger partial charge on any atom is 0.238 e. The Morgan fingerprint density at radius 2 is 1.89 bits per heavy atom. The number of nitrogens with one attached hydrogen (secondary N) is 2. The van der Waals surface area contributed by atoms with E-state index in [-0.39, 0.29) is 29.1 Å². The topological polar surface area (TPSA) is 41.1 Å². The average molecular weight is 264 g/mol. The van der Waals surface area contributed by atoms with E-state index in [2.05, 4.69) is 38.3 Å². The van der Waals surface area contributed by atoms with Crippen LogP contribution in [0.3, 0.4) is 0 Å². The van der Waals surface area contributed by atoms with Crippen LogP contribution in [0.2, 0.25) is 0 Å². The molecule has 1 aliphatic rings. The standard InChI is InChI=1S/C15H21FN2O/c1-14(2)13(15(14,3)4)17-9-12(19)18-11-7-5-6-10(16)8-11/h5-8,13,17H,9H2,1-4H3,(H,18,19). The first-order valence-corrected chi connectivity index (χ1v) is 6.54. The van der Waals surface area contributed by atoms with E-state index >= 15 is 0 Å². The van der Waals surface area contributed by atoms with Gasteiger partial charge in [0.25, 0.3) is 0 Å². The molecule has 1 aromatic rings. The van der Waals surface area contributed by atoms with Gasteiger partial charge in [-0.15, -0.1) is 0 Å². The molecule has 0 bridgehead atoms. The van der Waals surface area contributed by atoms with Crippen molar-refractivity contribution in [1.29, 1.82) is 0 Å². The van der Waals surface area contributed by atoms with Crippen molar-refractivity contribution in [2.75, 3.05) is 11.9 Å². The Kier molecular flexibility index (Phi) is 3.39. The fourth-order valence-electron chi connectivity index (χ4n) is 2.67. The Morgan fingerprint density at radius 1 is 1.26 bits per heavy atom. The zero-order chi connectivity index (χ0) is 14.3. The van der Waals surface area contributed by atoms with E-state index in [1.54, 1.807) is 12.1 Å². The molecule has 0 spiro atoms. The summed E-state index contributed by atoms with van der Waals surface area (Å²) in [6.45, 7) is 9.00. The third kappa shape index (κ3) is 2.63. The molecule has 3 nitrogen and oxygen atoms in total. The van der Waals surface area contributed by atoms with Crippen molar-refractivity contribution < 1.29 is 9.18 Å². The largest absolute Gasteiger partial charge is 0.325 e. The summed E-state index contributed by atoms with van der Waals surface area (Å²) >= 11 is 0. The smallest absolute Gasteiger partial charge is 0.238 e. The average Bonchev–Trinajstić information content (AvgIpc) is 2.66. The van der Waals surface area contributed by atoms with Gasteiger partial charge in [-0.25, -0.2) is 4.39 Å². The number of benzene rings is 1. The molecule has 0 heterocycles. The van der Waals surface area contributed by atoms with Crippen LogP contribution in [0.25, 0.3) is 0 Å². The van der Waals surface area contributed by atoms with E-state index < -0.39 is 0 Å². The number of halogens is 1. The highest BCUT2D eigenvalue weighted by Gasteiger charge is 2.64. The van der Waals surface area contributed by atoms with E-state index in [0.29, 0.717) is 11.7 Å². The maximum absolute atomic E-state index is 13.0. The summed E-state index contributed by atoms with van der Waals surface area (Å²) in [6, 6.07) is 6.24. The van der Waals surface area contributed by atoms with Crippen molar-refractivity contribution in [3.05, 3.63) is 30.1 Å². The first kappa shape index (κ1) is 14.0. The fourth-order valence-corrected chi connectivity index (χ4v) is 2.67. The monoisotopic (exact) mass is 264 g/mol. The summed E-state index contributed by atoms with van der Waals surface area (Å²) in [5, 5.41) is 5.95. The summed E-state index contributed by atoms with van der Waals surface area (Å²) in [6.07, 6.45) is 0. The van der Waals surface area contributed by atoms with E-state index in [4.69, 9.17) is 0 Å². The maximum atomic E-state index is 13.0. The van der Waals surface area contributed by atoms with Gasteiger partial charge in [0.05, 0.1) is 6.54 Å². The molecule has 1 aromatic carbocycles. The molecule has 4 heteroatoms. The third-order valence-electron chi connectivity index (χ3n) is 4.60. The molecule has 2 N–H and O–H groups in total. The van der Waals surface area contributed by atoms with Crippen molar-refractivity contribution in [3.63, 3.8) is 0 Å². The molecule has 0 unspecified atom stereocenters. The minimum atomic E-state index is -0.352. The van der Waals surface area contributed by atoms with E-state index in [1.165, 1.54) is 12.1 Å². The van der Waals surface area contributed by atoms with Gasteiger partial charge in [0.2, 0.25) is 5.91 Å². The predicted molar refractivity (Wildman–Crippen MR) is 74.4 cm³/mol. The second-order valence-electron chi connectivity index (χ2n) is 6.32. The molecule has 0 aromatic heterocycles. The lowest BCUT2D eigenvalue weighted by Gasteiger charge is -2.08. The number of rotatable bonds is 4. The van der Waals surface area contributed by atoms with E-state index in [0.717, 1.165) is 0 Å². The highest BCUT2D eigenvalue weighted by molar-refractivity contribution is 5.92. The van der Waals surface area contributed by atoms with Gasteiger partial charge in [-0.3, -0.25) is 4.79 Å². The molecule has 0 radical (unpaired) electrons. The molecular formula is C15H21FN2O. The molecule has 19 heavy (non-hydrogen) atoms. The molecule has 2 rings (SSSR count). The zero-order valence-electron chi connectivity index (χ0n) is 11.9. The highest BCUT2D eigenvalue weighted by atomic mass is 19.1. The van der Waals surface area contributed by atoms with Crippen LogP contribution in [-0.4, -0.2) is 18.5 Å². The molecule has 1 amide bonds. The van der Waals surface area contributed by atoms with Gasteiger partial charge in [-0.2, -0.15) is 0 Å². The summed E-state index contributed by atoms with van der Waals surface area (Å²) in [5.41, 5.74) is 0.888. The second-order valence-corrected chi connectivity index (χ2v) is 6.32. The normalized spacial score (nSPS) is 20.1. The third-order valence-corrected chi connectivity index (χ3v) is 4.60. The number of hydrogen-bond acceptors (Lipinski definition) is 2. The molecule has 104 valence electrons. The van der Waals surface area contributed by atoms with Crippen LogP contribution in [0, 0.1) is 16.6 Å². The van der Waals surface area contributed by atoms with E-state index in [1.807, 2.05) is 0 Å². The van der Waals surface area contributed by atoms with Gasteiger partial charge in [-0.1, -0.05) is 33.8 Å². The van der Waals surface area contributed by atoms with Crippen molar-refractivity contribution in [2.24, 2.45) is 10.8 Å². The molecule has 0 aliphatic heterocycles. The van der Waals surface area contributed by atoms with Gasteiger partial charge in [0, 0.05) is 11.7 Å². The summed E-state index contributed by atoms with van der Waals surface area (Å²) in [7, 11) is 0. The Labute approximate surface area is 113 Å². The lowest BCUT2D eigenvalue weighted by atomic mass is 10.0. The van der Waals surface area contributed by atoms with Crippen molar-refractivity contribution in [1.82, 2.24) is 5.32 Å². The molecule has 1 aliphatic carbocycles. The molecule has 1 saturated carbocycles. The predicted octanol–water partition coefficient (Wildman–Crippen LogP) is 2.79. The van der Waals surface area contributed by atoms with E-state index in [9.17, 15) is 9.18 Å². The molecule has 1 fully saturated rings. The first-order valence-electron chi connectivity index (χ1n) is 6.54. The zero-order valence-corrected chi connectivity index (χ0v) is 11.9. The lowest BCUT2D eigenvalue weighted by Crippen LogP contribution is -2.32. The Hall–Kier alpha value is -1.42. The molecule has 0 saturated heterocycles. The minimum absolute atomic E-state index is 0.149. The van der Waals surface area contributed by atoms with Gasteiger partial charge >= 0.3 is 0 Å². The van der Waals surface area contributed by atoms with Crippen LogP contribution >= 0.6 is 0 Å². The second kappa shape index (κ2) is 4.60. The lowest BCUT2D eigenvalue weighted by molar-refractivity contribution is -0.115. The number of anilines is 1. The van der Waals surface area contributed by atoms with Gasteiger partial charge < -0.3 is 10.6 Å². The highest BCUT2D eigenvalue weighted by Crippen LogP contribution is 2.62. The number of carbonyl (C=O) groups excluding carboxylic acids is 1. The van der Waals surface area contributed by atoms with Gasteiger partial charge in [0.15, 0.2) is 0 Å². The molecular weight excluding hydrogens is 243 g/mol. The van der Waals surface area contributed by atoms with Crippen LogP contribution in [0.4, 0.5) is 10.1 Å². The van der Waals surface area contributed by atoms with Gasteiger partial charge in [0.1, 0.15) is 5.82 Å². The number of carbonyl (C=O) groups is 1. The van der Waals surface area contributed by atoms with Crippen molar-refractivity contribution in [2.45, 2.75) is 33.7 Å².